The largest absolute Gasteiger partial charge is 0.327 e. The average Bonchev–Trinajstić information content (AvgIpc) is 2.83. The number of aryl methyl sites for hydroxylation is 2. The first-order chi connectivity index (χ1) is 8.08. The van der Waals surface area contributed by atoms with Crippen LogP contribution in [-0.4, -0.2) is 15.8 Å². The molecular formula is C13H22ClN3. The molecule has 1 unspecified atom stereocenters. The average molecular weight is 256 g/mol. The summed E-state index contributed by atoms with van der Waals surface area (Å²) < 4.78 is 1.87. The van der Waals surface area contributed by atoms with Crippen molar-refractivity contribution in [3.8, 4) is 0 Å². The Morgan fingerprint density at radius 1 is 1.47 bits per heavy atom. The Labute approximate surface area is 108 Å². The van der Waals surface area contributed by atoms with E-state index in [2.05, 4.69) is 5.10 Å². The van der Waals surface area contributed by atoms with Gasteiger partial charge in [0.2, 0.25) is 0 Å². The second kappa shape index (κ2) is 5.40. The summed E-state index contributed by atoms with van der Waals surface area (Å²) in [6, 6.07) is 0.213. The van der Waals surface area contributed by atoms with Gasteiger partial charge in [-0.1, -0.05) is 37.3 Å². The molecule has 0 amide bonds. The van der Waals surface area contributed by atoms with Gasteiger partial charge in [-0.05, 0) is 19.3 Å². The zero-order valence-corrected chi connectivity index (χ0v) is 11.5. The van der Waals surface area contributed by atoms with Crippen molar-refractivity contribution in [3.05, 3.63) is 16.4 Å². The van der Waals surface area contributed by atoms with Crippen LogP contribution in [0.2, 0.25) is 5.02 Å². The molecule has 2 N–H and O–H groups in total. The maximum absolute atomic E-state index is 6.24. The topological polar surface area (TPSA) is 43.8 Å². The summed E-state index contributed by atoms with van der Waals surface area (Å²) >= 11 is 6.24. The minimum absolute atomic E-state index is 0.213. The SMILES string of the molecule is Cc1nn(C)c(CC(N)CC2CCCC2)c1Cl. The summed E-state index contributed by atoms with van der Waals surface area (Å²) in [6.07, 6.45) is 7.43. The molecule has 0 aliphatic heterocycles. The molecule has 0 spiro atoms. The van der Waals surface area contributed by atoms with Gasteiger partial charge in [-0.25, -0.2) is 0 Å². The highest BCUT2D eigenvalue weighted by Gasteiger charge is 2.20. The molecule has 1 heterocycles. The van der Waals surface area contributed by atoms with Crippen LogP contribution in [0.1, 0.15) is 43.5 Å². The van der Waals surface area contributed by atoms with Gasteiger partial charge in [0.05, 0.1) is 16.4 Å². The van der Waals surface area contributed by atoms with E-state index in [0.717, 1.165) is 35.2 Å². The number of nitrogens with two attached hydrogens (primary N) is 1. The molecule has 1 aliphatic rings. The van der Waals surface area contributed by atoms with Crippen LogP contribution in [0.25, 0.3) is 0 Å². The van der Waals surface area contributed by atoms with Gasteiger partial charge < -0.3 is 5.73 Å². The van der Waals surface area contributed by atoms with Crippen LogP contribution in [0.3, 0.4) is 0 Å². The highest BCUT2D eigenvalue weighted by atomic mass is 35.5. The lowest BCUT2D eigenvalue weighted by Crippen LogP contribution is -2.26. The first kappa shape index (κ1) is 12.9. The van der Waals surface area contributed by atoms with E-state index in [0.29, 0.717) is 0 Å². The Hall–Kier alpha value is -0.540. The molecule has 0 radical (unpaired) electrons. The molecule has 4 heteroatoms. The third kappa shape index (κ3) is 3.02. The van der Waals surface area contributed by atoms with Crippen LogP contribution in [0, 0.1) is 12.8 Å². The fraction of sp³-hybridized carbons (Fsp3) is 0.769. The van der Waals surface area contributed by atoms with Crippen LogP contribution >= 0.6 is 11.6 Å². The predicted molar refractivity (Wildman–Crippen MR) is 71.2 cm³/mol. The van der Waals surface area contributed by atoms with Crippen molar-refractivity contribution in [2.24, 2.45) is 18.7 Å². The maximum Gasteiger partial charge on any atom is 0.0847 e. The molecule has 17 heavy (non-hydrogen) atoms. The Kier molecular flexibility index (Phi) is 4.10. The van der Waals surface area contributed by atoms with E-state index in [9.17, 15) is 0 Å². The first-order valence-corrected chi connectivity index (χ1v) is 6.89. The summed E-state index contributed by atoms with van der Waals surface area (Å²) in [5.41, 5.74) is 8.21. The Balaban J connectivity index is 1.95. The quantitative estimate of drug-likeness (QED) is 0.899. The first-order valence-electron chi connectivity index (χ1n) is 6.51. The van der Waals surface area contributed by atoms with E-state index in [1.807, 2.05) is 18.7 Å². The molecule has 0 aromatic carbocycles. The van der Waals surface area contributed by atoms with E-state index in [1.54, 1.807) is 0 Å². The van der Waals surface area contributed by atoms with Gasteiger partial charge in [-0.2, -0.15) is 5.10 Å². The summed E-state index contributed by atoms with van der Waals surface area (Å²) in [5, 5.41) is 5.11. The lowest BCUT2D eigenvalue weighted by molar-refractivity contribution is 0.435. The highest BCUT2D eigenvalue weighted by Crippen LogP contribution is 2.29. The molecule has 1 aromatic heterocycles. The van der Waals surface area contributed by atoms with Crippen LogP contribution in [0.15, 0.2) is 0 Å². The molecule has 2 rings (SSSR count). The molecule has 1 atom stereocenters. The smallest absolute Gasteiger partial charge is 0.0847 e. The van der Waals surface area contributed by atoms with Crippen LogP contribution in [0.5, 0.6) is 0 Å². The Bertz CT molecular complexity index is 380. The van der Waals surface area contributed by atoms with Crippen LogP contribution < -0.4 is 5.73 Å². The van der Waals surface area contributed by atoms with Gasteiger partial charge >= 0.3 is 0 Å². The molecule has 1 fully saturated rings. The number of aromatic nitrogens is 2. The summed E-state index contributed by atoms with van der Waals surface area (Å²) in [4.78, 5) is 0. The second-order valence-electron chi connectivity index (χ2n) is 5.32. The number of halogens is 1. The molecule has 1 aliphatic carbocycles. The molecule has 1 saturated carbocycles. The lowest BCUT2D eigenvalue weighted by atomic mass is 9.96. The minimum Gasteiger partial charge on any atom is -0.327 e. The second-order valence-corrected chi connectivity index (χ2v) is 5.70. The van der Waals surface area contributed by atoms with Crippen molar-refractivity contribution in [1.29, 1.82) is 0 Å². The van der Waals surface area contributed by atoms with E-state index in [4.69, 9.17) is 17.3 Å². The fourth-order valence-electron chi connectivity index (χ4n) is 2.91. The van der Waals surface area contributed by atoms with Crippen LogP contribution in [-0.2, 0) is 13.5 Å². The van der Waals surface area contributed by atoms with Gasteiger partial charge in [0.15, 0.2) is 0 Å². The number of hydrogen-bond donors (Lipinski definition) is 1. The van der Waals surface area contributed by atoms with E-state index < -0.39 is 0 Å². The van der Waals surface area contributed by atoms with E-state index >= 15 is 0 Å². The summed E-state index contributed by atoms with van der Waals surface area (Å²) in [5.74, 6) is 0.832. The normalized spacial score (nSPS) is 18.8. The van der Waals surface area contributed by atoms with Crippen molar-refractivity contribution in [2.75, 3.05) is 0 Å². The molecule has 0 bridgehead atoms. The van der Waals surface area contributed by atoms with Crippen LogP contribution in [0.4, 0.5) is 0 Å². The Morgan fingerprint density at radius 3 is 2.65 bits per heavy atom. The number of nitrogens with zero attached hydrogens (tertiary/aromatic N) is 2. The monoisotopic (exact) mass is 255 g/mol. The van der Waals surface area contributed by atoms with Crippen molar-refractivity contribution in [3.63, 3.8) is 0 Å². The van der Waals surface area contributed by atoms with Crippen molar-refractivity contribution in [2.45, 2.75) is 51.5 Å². The maximum atomic E-state index is 6.24. The van der Waals surface area contributed by atoms with Gasteiger partial charge in [-0.15, -0.1) is 0 Å². The Morgan fingerprint density at radius 2 is 2.12 bits per heavy atom. The molecular weight excluding hydrogens is 234 g/mol. The summed E-state index contributed by atoms with van der Waals surface area (Å²) in [6.45, 7) is 1.94. The summed E-state index contributed by atoms with van der Waals surface area (Å²) in [7, 11) is 1.94. The van der Waals surface area contributed by atoms with E-state index in [1.165, 1.54) is 25.7 Å². The standard InChI is InChI=1S/C13H22ClN3/c1-9-13(14)12(17(2)16-9)8-11(15)7-10-5-3-4-6-10/h10-11H,3-8,15H2,1-2H3. The van der Waals surface area contributed by atoms with Crippen molar-refractivity contribution >= 4 is 11.6 Å². The number of hydrogen-bond acceptors (Lipinski definition) is 2. The van der Waals surface area contributed by atoms with Gasteiger partial charge in [0, 0.05) is 19.5 Å². The molecule has 96 valence electrons. The van der Waals surface area contributed by atoms with Crippen molar-refractivity contribution in [1.82, 2.24) is 9.78 Å². The molecule has 1 aromatic rings. The van der Waals surface area contributed by atoms with Crippen molar-refractivity contribution < 1.29 is 0 Å². The minimum atomic E-state index is 0.213. The fourth-order valence-corrected chi connectivity index (χ4v) is 3.15. The van der Waals surface area contributed by atoms with Gasteiger partial charge in [0.25, 0.3) is 0 Å². The zero-order valence-electron chi connectivity index (χ0n) is 10.7. The lowest BCUT2D eigenvalue weighted by Gasteiger charge is -2.16. The highest BCUT2D eigenvalue weighted by molar-refractivity contribution is 6.31. The third-order valence-corrected chi connectivity index (χ3v) is 4.32. The van der Waals surface area contributed by atoms with E-state index in [-0.39, 0.29) is 6.04 Å². The third-order valence-electron chi connectivity index (χ3n) is 3.83. The predicted octanol–water partition coefficient (Wildman–Crippen LogP) is 2.83. The number of rotatable bonds is 4. The van der Waals surface area contributed by atoms with Gasteiger partial charge in [-0.3, -0.25) is 4.68 Å². The zero-order chi connectivity index (χ0) is 12.4. The molecule has 3 nitrogen and oxygen atoms in total. The molecule has 0 saturated heterocycles. The van der Waals surface area contributed by atoms with Gasteiger partial charge in [0.1, 0.15) is 0 Å².